The molecule has 0 aromatic carbocycles. The number of ether oxygens (including phenoxy) is 1. The first-order valence-electron chi connectivity index (χ1n) is 2.92. The van der Waals surface area contributed by atoms with Crippen LogP contribution in [0.1, 0.15) is 13.8 Å². The number of carboxylic acid groups (broad SMARTS) is 1. The molecule has 0 fully saturated rings. The Morgan fingerprint density at radius 1 is 1.64 bits per heavy atom. The third-order valence-electron chi connectivity index (χ3n) is 1.01. The van der Waals surface area contributed by atoms with Gasteiger partial charge in [-0.15, -0.1) is 0 Å². The van der Waals surface area contributed by atoms with Gasteiger partial charge in [0.2, 0.25) is 0 Å². The molecule has 60 valence electrons. The van der Waals surface area contributed by atoms with Crippen LogP contribution < -0.4 is 34.7 Å². The van der Waals surface area contributed by atoms with E-state index < -0.39 is 11.6 Å². The van der Waals surface area contributed by atoms with Gasteiger partial charge < -0.3 is 19.7 Å². The van der Waals surface area contributed by atoms with Crippen molar-refractivity contribution >= 4 is 6.16 Å². The Morgan fingerprint density at radius 2 is 2.09 bits per heavy atom. The normalized spacial score (nSPS) is 10.1. The Kier molecular flexibility index (Phi) is 7.31. The molecule has 11 heavy (non-hydrogen) atoms. The molecule has 0 aromatic rings. The van der Waals surface area contributed by atoms with Gasteiger partial charge in [0.1, 0.15) is 0 Å². The zero-order valence-electron chi connectivity index (χ0n) is 7.09. The fourth-order valence-electron chi connectivity index (χ4n) is 0.300. The van der Waals surface area contributed by atoms with E-state index in [0.29, 0.717) is 0 Å². The number of hydrogen-bond acceptors (Lipinski definition) is 4. The quantitative estimate of drug-likeness (QED) is 0.350. The van der Waals surface area contributed by atoms with Crippen LogP contribution in [0.15, 0.2) is 0 Å². The van der Waals surface area contributed by atoms with Crippen LogP contribution in [0, 0.1) is 5.41 Å². The molecule has 1 N–H and O–H groups in total. The van der Waals surface area contributed by atoms with Gasteiger partial charge in [-0.25, -0.2) is 0 Å². The van der Waals surface area contributed by atoms with Crippen molar-refractivity contribution in [2.45, 2.75) is 13.8 Å². The maximum Gasteiger partial charge on any atom is 1.00 e. The Bertz CT molecular complexity index is 124. The largest absolute Gasteiger partial charge is 1.00 e. The Labute approximate surface area is 87.8 Å². The first-order valence-corrected chi connectivity index (χ1v) is 2.92. The van der Waals surface area contributed by atoms with Crippen molar-refractivity contribution in [3.05, 3.63) is 0 Å². The number of hydrogen-bond donors (Lipinski definition) is 1. The summed E-state index contributed by atoms with van der Waals surface area (Å²) in [6, 6.07) is 0. The van der Waals surface area contributed by atoms with Crippen molar-refractivity contribution in [3.63, 3.8) is 0 Å². The minimum atomic E-state index is -1.55. The Balaban J connectivity index is 0. The van der Waals surface area contributed by atoms with Crippen molar-refractivity contribution in [1.82, 2.24) is 0 Å². The van der Waals surface area contributed by atoms with Crippen LogP contribution in [0.5, 0.6) is 0 Å². The van der Waals surface area contributed by atoms with Crippen LogP contribution >= 0.6 is 0 Å². The SMILES string of the molecule is CC(C)(CO)COC(=O)[O-].[Na+]. The molecule has 5 heteroatoms. The van der Waals surface area contributed by atoms with Crippen molar-refractivity contribution in [2.75, 3.05) is 13.2 Å². The fraction of sp³-hybridized carbons (Fsp3) is 0.833. The molecular weight excluding hydrogens is 159 g/mol. The first-order chi connectivity index (χ1) is 4.48. The molecule has 0 bridgehead atoms. The minimum absolute atomic E-state index is 0. The monoisotopic (exact) mass is 170 g/mol. The summed E-state index contributed by atoms with van der Waals surface area (Å²) in [6.45, 7) is 3.23. The maximum absolute atomic E-state index is 9.75. The molecule has 0 aliphatic rings. The predicted octanol–water partition coefficient (Wildman–Crippen LogP) is -3.63. The Morgan fingerprint density at radius 3 is 2.36 bits per heavy atom. The van der Waals surface area contributed by atoms with E-state index in [1.54, 1.807) is 13.8 Å². The van der Waals surface area contributed by atoms with Crippen LogP contribution in [-0.2, 0) is 4.74 Å². The van der Waals surface area contributed by atoms with Gasteiger partial charge in [0.25, 0.3) is 6.16 Å². The van der Waals surface area contributed by atoms with Crippen LogP contribution in [0.25, 0.3) is 0 Å². The third kappa shape index (κ3) is 8.13. The second-order valence-corrected chi connectivity index (χ2v) is 2.86. The van der Waals surface area contributed by atoms with Gasteiger partial charge in [-0.2, -0.15) is 0 Å². The Hall–Kier alpha value is 0.230. The molecule has 0 aliphatic heterocycles. The summed E-state index contributed by atoms with van der Waals surface area (Å²) in [7, 11) is 0. The first kappa shape index (κ1) is 13.8. The summed E-state index contributed by atoms with van der Waals surface area (Å²) in [5.41, 5.74) is -0.514. The van der Waals surface area contributed by atoms with E-state index in [1.807, 2.05) is 0 Å². The summed E-state index contributed by atoms with van der Waals surface area (Å²) < 4.78 is 4.14. The van der Waals surface area contributed by atoms with Gasteiger partial charge in [-0.05, 0) is 0 Å². The average molecular weight is 170 g/mol. The van der Waals surface area contributed by atoms with Gasteiger partial charge in [0, 0.05) is 18.6 Å². The molecule has 0 atom stereocenters. The summed E-state index contributed by atoms with van der Waals surface area (Å²) in [5, 5.41) is 18.4. The number of carbonyl (C=O) groups excluding carboxylic acids is 1. The number of aliphatic hydroxyl groups excluding tert-OH is 1. The van der Waals surface area contributed by atoms with E-state index >= 15 is 0 Å². The molecule has 4 nitrogen and oxygen atoms in total. The van der Waals surface area contributed by atoms with Gasteiger partial charge in [-0.1, -0.05) is 13.8 Å². The van der Waals surface area contributed by atoms with Crippen LogP contribution in [-0.4, -0.2) is 24.5 Å². The smallest absolute Gasteiger partial charge is 0.549 e. The fourth-order valence-corrected chi connectivity index (χ4v) is 0.300. The van der Waals surface area contributed by atoms with E-state index in [0.717, 1.165) is 0 Å². The van der Waals surface area contributed by atoms with E-state index in [4.69, 9.17) is 5.11 Å². The minimum Gasteiger partial charge on any atom is -0.549 e. The molecule has 0 heterocycles. The molecule has 0 saturated heterocycles. The molecular formula is C6H11NaO4. The van der Waals surface area contributed by atoms with E-state index in [2.05, 4.69) is 4.74 Å². The molecule has 0 aliphatic carbocycles. The molecule has 0 spiro atoms. The van der Waals surface area contributed by atoms with Crippen molar-refractivity contribution in [1.29, 1.82) is 0 Å². The summed E-state index contributed by atoms with van der Waals surface area (Å²) in [5.74, 6) is 0. The molecule has 0 saturated carbocycles. The molecule has 0 rings (SSSR count). The van der Waals surface area contributed by atoms with Gasteiger partial charge >= 0.3 is 29.6 Å². The van der Waals surface area contributed by atoms with Crippen molar-refractivity contribution in [3.8, 4) is 0 Å². The molecule has 0 radical (unpaired) electrons. The van der Waals surface area contributed by atoms with Crippen LogP contribution in [0.4, 0.5) is 4.79 Å². The van der Waals surface area contributed by atoms with Gasteiger partial charge in [0.05, 0.1) is 0 Å². The molecule has 0 aromatic heterocycles. The van der Waals surface area contributed by atoms with Crippen molar-refractivity contribution in [2.24, 2.45) is 5.41 Å². The van der Waals surface area contributed by atoms with E-state index in [1.165, 1.54) is 0 Å². The molecule has 0 amide bonds. The summed E-state index contributed by atoms with van der Waals surface area (Å²) in [6.07, 6.45) is -1.55. The number of aliphatic hydroxyl groups is 1. The van der Waals surface area contributed by atoms with E-state index in [-0.39, 0.29) is 42.8 Å². The van der Waals surface area contributed by atoms with Gasteiger partial charge in [-0.3, -0.25) is 0 Å². The predicted molar refractivity (Wildman–Crippen MR) is 32.2 cm³/mol. The summed E-state index contributed by atoms with van der Waals surface area (Å²) >= 11 is 0. The topological polar surface area (TPSA) is 69.6 Å². The maximum atomic E-state index is 9.75. The molecule has 0 unspecified atom stereocenters. The summed E-state index contributed by atoms with van der Waals surface area (Å²) in [4.78, 5) is 9.75. The average Bonchev–Trinajstić information content (AvgIpc) is 1.85. The van der Waals surface area contributed by atoms with Crippen molar-refractivity contribution < 1.29 is 49.3 Å². The third-order valence-corrected chi connectivity index (χ3v) is 1.01. The zero-order valence-corrected chi connectivity index (χ0v) is 9.09. The second kappa shape index (κ2) is 5.83. The van der Waals surface area contributed by atoms with Gasteiger partial charge in [0.15, 0.2) is 0 Å². The zero-order chi connectivity index (χ0) is 8.20. The van der Waals surface area contributed by atoms with Crippen LogP contribution in [0.2, 0.25) is 0 Å². The standard InChI is InChI=1S/C6H12O4.Na/c1-6(2,3-7)4-10-5(8)9;/h7H,3-4H2,1-2H3,(H,8,9);/q;+1/p-1. The number of carbonyl (C=O) groups is 1. The van der Waals surface area contributed by atoms with Crippen LogP contribution in [0.3, 0.4) is 0 Å². The second-order valence-electron chi connectivity index (χ2n) is 2.86. The number of rotatable bonds is 3. The van der Waals surface area contributed by atoms with E-state index in [9.17, 15) is 9.90 Å².